The van der Waals surface area contributed by atoms with Crippen molar-refractivity contribution in [1.82, 2.24) is 0 Å². The molecule has 0 amide bonds. The van der Waals surface area contributed by atoms with Crippen molar-refractivity contribution in [2.45, 2.75) is 95.8 Å². The van der Waals surface area contributed by atoms with Crippen LogP contribution in [0.2, 0.25) is 0 Å². The van der Waals surface area contributed by atoms with Crippen LogP contribution in [0, 0.1) is 11.6 Å². The lowest BCUT2D eigenvalue weighted by Gasteiger charge is -2.43. The van der Waals surface area contributed by atoms with E-state index < -0.39 is 95.4 Å². The van der Waals surface area contributed by atoms with Gasteiger partial charge >= 0.3 is 23.9 Å². The van der Waals surface area contributed by atoms with Crippen molar-refractivity contribution >= 4 is 35.4 Å². The van der Waals surface area contributed by atoms with Crippen molar-refractivity contribution in [2.24, 2.45) is 0 Å². The number of rotatable bonds is 8. The molecule has 6 atom stereocenters. The lowest BCUT2D eigenvalue weighted by Crippen LogP contribution is -2.64. The number of carbonyl (C=O) groups is 5. The average molecular weight is 703 g/mol. The lowest BCUT2D eigenvalue weighted by molar-refractivity contribution is -0.283. The van der Waals surface area contributed by atoms with Gasteiger partial charge < -0.3 is 38.3 Å². The van der Waals surface area contributed by atoms with Gasteiger partial charge in [0.05, 0.1) is 7.11 Å². The molecular weight excluding hydrogens is 666 g/mol. The molecule has 2 heterocycles. The third-order valence-corrected chi connectivity index (χ3v) is 8.48. The molecule has 1 fully saturated rings. The summed E-state index contributed by atoms with van der Waals surface area (Å²) in [7, 11) is 0.978. The highest BCUT2D eigenvalue weighted by atomic mass is 19.1. The fraction of sp³-hybridized carbons (Fsp3) is 0.457. The van der Waals surface area contributed by atoms with E-state index in [1.54, 1.807) is 24.3 Å². The lowest BCUT2D eigenvalue weighted by atomic mass is 9.72. The minimum Gasteiger partial charge on any atom is -0.487 e. The van der Waals surface area contributed by atoms with Crippen LogP contribution in [0.4, 0.5) is 8.78 Å². The number of Topliss-reactive ketones (excluding diaryl/α,β-unsaturated/α-hetero) is 1. The minimum atomic E-state index is -2.20. The number of aliphatic hydroxyl groups is 1. The first-order valence-corrected chi connectivity index (χ1v) is 15.6. The van der Waals surface area contributed by atoms with E-state index in [0.29, 0.717) is 24.2 Å². The third kappa shape index (κ3) is 7.05. The SMILES string of the molecule is COC(=O)[C@H]1O[C@@H](Oc2c(F)cc(CC3(O)C(=O)C4=C(OC(C)(C)CC4)c4ccccc43)cc2F)[C@H](OC(C)=O)[C@@H](OC(C)=O)[C@@H]1OC(C)=O. The van der Waals surface area contributed by atoms with Crippen LogP contribution in [0.25, 0.3) is 5.76 Å². The van der Waals surface area contributed by atoms with Gasteiger partial charge in [-0.15, -0.1) is 0 Å². The van der Waals surface area contributed by atoms with E-state index in [4.69, 9.17) is 33.2 Å². The van der Waals surface area contributed by atoms with Gasteiger partial charge in [-0.05, 0) is 44.4 Å². The summed E-state index contributed by atoms with van der Waals surface area (Å²) >= 11 is 0. The Kier molecular flexibility index (Phi) is 10.0. The molecule has 2 aromatic carbocycles. The van der Waals surface area contributed by atoms with Gasteiger partial charge in [-0.2, -0.15) is 0 Å². The van der Waals surface area contributed by atoms with Crippen molar-refractivity contribution in [2.75, 3.05) is 7.11 Å². The van der Waals surface area contributed by atoms with E-state index in [2.05, 4.69) is 0 Å². The maximum Gasteiger partial charge on any atom is 0.339 e. The van der Waals surface area contributed by atoms with Crippen molar-refractivity contribution in [3.8, 4) is 5.75 Å². The second kappa shape index (κ2) is 13.8. The molecule has 3 aliphatic rings. The largest absolute Gasteiger partial charge is 0.487 e. The number of ether oxygens (including phenoxy) is 7. The van der Waals surface area contributed by atoms with E-state index in [1.165, 1.54) is 0 Å². The molecule has 1 N–H and O–H groups in total. The topological polar surface area (TPSA) is 170 Å². The van der Waals surface area contributed by atoms with Crippen LogP contribution in [0.5, 0.6) is 5.75 Å². The van der Waals surface area contributed by atoms with Crippen molar-refractivity contribution < 1.29 is 71.0 Å². The molecule has 1 saturated heterocycles. The number of hydrogen-bond acceptors (Lipinski definition) is 13. The van der Waals surface area contributed by atoms with Crippen LogP contribution in [0.1, 0.15) is 64.2 Å². The fourth-order valence-electron chi connectivity index (χ4n) is 6.37. The van der Waals surface area contributed by atoms with Crippen LogP contribution < -0.4 is 4.74 Å². The van der Waals surface area contributed by atoms with Gasteiger partial charge in [-0.25, -0.2) is 13.6 Å². The number of benzene rings is 2. The molecule has 0 spiro atoms. The summed E-state index contributed by atoms with van der Waals surface area (Å²) in [5.74, 6) is -8.04. The number of methoxy groups -OCH3 is 1. The quantitative estimate of drug-likeness (QED) is 0.314. The summed E-state index contributed by atoms with van der Waals surface area (Å²) in [5, 5.41) is 11.9. The van der Waals surface area contributed by atoms with Gasteiger partial charge in [0.15, 0.2) is 47.1 Å². The number of halogens is 2. The summed E-state index contributed by atoms with van der Waals surface area (Å²) in [5.41, 5.74) is -1.93. The smallest absolute Gasteiger partial charge is 0.339 e. The number of carbonyl (C=O) groups excluding carboxylic acids is 5. The summed E-state index contributed by atoms with van der Waals surface area (Å²) in [6, 6.07) is 8.25. The molecule has 13 nitrogen and oxygen atoms in total. The van der Waals surface area contributed by atoms with Gasteiger partial charge in [-0.1, -0.05) is 24.3 Å². The van der Waals surface area contributed by atoms with Crippen LogP contribution in [-0.4, -0.2) is 78.2 Å². The minimum absolute atomic E-state index is 0.125. The van der Waals surface area contributed by atoms with E-state index >= 15 is 8.78 Å². The molecule has 268 valence electrons. The zero-order valence-corrected chi connectivity index (χ0v) is 28.1. The Bertz CT molecular complexity index is 1750. The molecule has 1 unspecified atom stereocenters. The Hall–Kier alpha value is -4.89. The first-order valence-electron chi connectivity index (χ1n) is 15.6. The number of hydrogen-bond donors (Lipinski definition) is 1. The molecule has 2 aromatic rings. The molecule has 0 aromatic heterocycles. The highest BCUT2D eigenvalue weighted by Crippen LogP contribution is 2.47. The van der Waals surface area contributed by atoms with Crippen LogP contribution >= 0.6 is 0 Å². The summed E-state index contributed by atoms with van der Waals surface area (Å²) in [6.45, 7) is 6.72. The number of esters is 4. The standard InChI is InChI=1S/C35H36F2O13/c1-16(38)45-27-28(46-17(2)39)30(47-18(3)40)33(49-29(27)32(42)44-6)48-26-23(36)13-19(14-24(26)37)15-35(43)22-10-8-7-9-20(22)25-21(31(35)41)11-12-34(4,5)50-25/h7-10,13-14,27-30,33,43H,11-12,15H2,1-6H3/t27-,28-,29-,30+,33+,35?/m0/s1. The third-order valence-electron chi connectivity index (χ3n) is 8.48. The van der Waals surface area contributed by atoms with E-state index in [1.807, 2.05) is 13.8 Å². The molecule has 0 saturated carbocycles. The zero-order chi connectivity index (χ0) is 36.7. The molecule has 2 aliphatic heterocycles. The Morgan fingerprint density at radius 2 is 1.50 bits per heavy atom. The molecule has 0 radical (unpaired) electrons. The monoisotopic (exact) mass is 702 g/mol. The summed E-state index contributed by atoms with van der Waals surface area (Å²) < 4.78 is 69.2. The fourth-order valence-corrected chi connectivity index (χ4v) is 6.37. The number of ketones is 1. The van der Waals surface area contributed by atoms with Crippen LogP contribution in [0.15, 0.2) is 42.0 Å². The van der Waals surface area contributed by atoms with Crippen molar-refractivity contribution in [1.29, 1.82) is 0 Å². The summed E-state index contributed by atoms with van der Waals surface area (Å²) in [4.78, 5) is 62.6. The van der Waals surface area contributed by atoms with E-state index in [0.717, 1.165) is 40.0 Å². The van der Waals surface area contributed by atoms with Gasteiger partial charge in [0.25, 0.3) is 0 Å². The van der Waals surface area contributed by atoms with E-state index in [-0.39, 0.29) is 16.7 Å². The van der Waals surface area contributed by atoms with Crippen LogP contribution in [-0.2, 0) is 64.4 Å². The highest BCUT2D eigenvalue weighted by Gasteiger charge is 2.56. The van der Waals surface area contributed by atoms with E-state index in [9.17, 15) is 29.1 Å². The first-order chi connectivity index (χ1) is 23.5. The Morgan fingerprint density at radius 1 is 0.920 bits per heavy atom. The molecule has 1 aliphatic carbocycles. The second-order valence-corrected chi connectivity index (χ2v) is 12.8. The number of fused-ring (bicyclic) bond motifs is 2. The van der Waals surface area contributed by atoms with Gasteiger partial charge in [0.1, 0.15) is 11.4 Å². The molecule has 50 heavy (non-hydrogen) atoms. The predicted octanol–water partition coefficient (Wildman–Crippen LogP) is 3.35. The van der Waals surface area contributed by atoms with Crippen molar-refractivity contribution in [3.63, 3.8) is 0 Å². The Labute approximate surface area is 285 Å². The highest BCUT2D eigenvalue weighted by molar-refractivity contribution is 6.10. The molecule has 5 rings (SSSR count). The molecular formula is C35H36F2O13. The average Bonchev–Trinajstić information content (AvgIpc) is 3.02. The molecule has 0 bridgehead atoms. The predicted molar refractivity (Wildman–Crippen MR) is 165 cm³/mol. The van der Waals surface area contributed by atoms with Gasteiger partial charge in [-0.3, -0.25) is 19.2 Å². The molecule has 15 heteroatoms. The normalized spacial score (nSPS) is 26.8. The Balaban J connectivity index is 1.50. The second-order valence-electron chi connectivity index (χ2n) is 12.8. The zero-order valence-electron chi connectivity index (χ0n) is 28.1. The summed E-state index contributed by atoms with van der Waals surface area (Å²) in [6.07, 6.45) is -8.90. The van der Waals surface area contributed by atoms with Crippen molar-refractivity contribution in [3.05, 3.63) is 70.3 Å². The maximum atomic E-state index is 15.8. The van der Waals surface area contributed by atoms with Gasteiger partial charge in [0, 0.05) is 43.9 Å². The first kappa shape index (κ1) is 36.4. The van der Waals surface area contributed by atoms with Crippen LogP contribution in [0.3, 0.4) is 0 Å². The Morgan fingerprint density at radius 3 is 2.10 bits per heavy atom. The van der Waals surface area contributed by atoms with Gasteiger partial charge in [0.2, 0.25) is 12.4 Å². The maximum absolute atomic E-state index is 15.8.